The molecule has 5 heteroatoms. The lowest BCUT2D eigenvalue weighted by molar-refractivity contribution is -0.697. The van der Waals surface area contributed by atoms with Crippen LogP contribution < -0.4 is 4.57 Å². The van der Waals surface area contributed by atoms with Crippen LogP contribution in [0.15, 0.2) is 53.7 Å². The Labute approximate surface area is 145 Å². The molecule has 4 nitrogen and oxygen atoms in total. The van der Waals surface area contributed by atoms with Gasteiger partial charge in [-0.15, -0.1) is 0 Å². The van der Waals surface area contributed by atoms with Gasteiger partial charge in [-0.3, -0.25) is 0 Å². The van der Waals surface area contributed by atoms with Crippen LogP contribution in [0, 0.1) is 13.8 Å². The number of pyridine rings is 1. The highest BCUT2D eigenvalue weighted by molar-refractivity contribution is 7.85. The van der Waals surface area contributed by atoms with Gasteiger partial charge in [-0.1, -0.05) is 37.5 Å². The van der Waals surface area contributed by atoms with Crippen LogP contribution >= 0.6 is 0 Å². The van der Waals surface area contributed by atoms with Gasteiger partial charge in [-0.25, -0.2) is 13.0 Å². The van der Waals surface area contributed by atoms with Crippen LogP contribution in [0.5, 0.6) is 0 Å². The molecule has 0 unspecified atom stereocenters. The van der Waals surface area contributed by atoms with Crippen molar-refractivity contribution in [3.63, 3.8) is 0 Å². The zero-order valence-electron chi connectivity index (χ0n) is 14.7. The predicted molar refractivity (Wildman–Crippen MR) is 94.7 cm³/mol. The maximum Gasteiger partial charge on any atom is 0.169 e. The minimum atomic E-state index is -4.27. The van der Waals surface area contributed by atoms with Crippen molar-refractivity contribution >= 4 is 10.1 Å². The molecule has 1 aromatic heterocycles. The van der Waals surface area contributed by atoms with Crippen LogP contribution in [0.3, 0.4) is 0 Å². The van der Waals surface area contributed by atoms with E-state index in [1.165, 1.54) is 49.9 Å². The molecule has 0 amide bonds. The van der Waals surface area contributed by atoms with Gasteiger partial charge in [0.15, 0.2) is 12.4 Å². The molecular formula is C19H27NO3S. The van der Waals surface area contributed by atoms with E-state index >= 15 is 0 Å². The molecule has 0 N–H and O–H groups in total. The van der Waals surface area contributed by atoms with E-state index in [1.807, 2.05) is 6.92 Å². The molecule has 0 aliphatic heterocycles. The summed E-state index contributed by atoms with van der Waals surface area (Å²) in [4.78, 5) is -0.178. The predicted octanol–water partition coefficient (Wildman–Crippen LogP) is 3.76. The molecule has 0 fully saturated rings. The Bertz CT molecular complexity index is 692. The first kappa shape index (κ1) is 20.3. The van der Waals surface area contributed by atoms with E-state index in [4.69, 9.17) is 0 Å². The number of hydrogen-bond donors (Lipinski definition) is 0. The minimum Gasteiger partial charge on any atom is -0.744 e. The van der Waals surface area contributed by atoms with E-state index in [0.29, 0.717) is 0 Å². The smallest absolute Gasteiger partial charge is 0.169 e. The van der Waals surface area contributed by atoms with Gasteiger partial charge in [0.1, 0.15) is 16.7 Å². The van der Waals surface area contributed by atoms with Crippen molar-refractivity contribution in [2.24, 2.45) is 0 Å². The summed E-state index contributed by atoms with van der Waals surface area (Å²) in [5.41, 5.74) is 2.27. The third-order valence-electron chi connectivity index (χ3n) is 3.64. The topological polar surface area (TPSA) is 61.1 Å². The number of nitrogens with zero attached hydrogens (tertiary/aromatic N) is 1. The molecule has 0 radical (unpaired) electrons. The van der Waals surface area contributed by atoms with E-state index in [-0.39, 0.29) is 4.90 Å². The quantitative estimate of drug-likeness (QED) is 0.453. The lowest BCUT2D eigenvalue weighted by Gasteiger charge is -2.05. The normalized spacial score (nSPS) is 10.8. The maximum absolute atomic E-state index is 10.4. The Hall–Kier alpha value is -1.72. The highest BCUT2D eigenvalue weighted by atomic mass is 32.2. The zero-order valence-corrected chi connectivity index (χ0v) is 15.6. The van der Waals surface area contributed by atoms with Gasteiger partial charge >= 0.3 is 0 Å². The zero-order chi connectivity index (χ0) is 18.0. The van der Waals surface area contributed by atoms with Gasteiger partial charge < -0.3 is 4.55 Å². The summed E-state index contributed by atoms with van der Waals surface area (Å²) >= 11 is 0. The van der Waals surface area contributed by atoms with Gasteiger partial charge in [0.2, 0.25) is 0 Å². The molecule has 1 aromatic carbocycles. The minimum absolute atomic E-state index is 0.178. The second-order valence-corrected chi connectivity index (χ2v) is 7.32. The molecule has 0 aliphatic rings. The fraction of sp³-hybridized carbons (Fsp3) is 0.421. The van der Waals surface area contributed by atoms with Crippen molar-refractivity contribution in [3.05, 3.63) is 59.9 Å². The molecule has 0 bridgehead atoms. The van der Waals surface area contributed by atoms with Gasteiger partial charge in [0, 0.05) is 18.6 Å². The van der Waals surface area contributed by atoms with E-state index in [1.54, 1.807) is 12.1 Å². The molecule has 1 heterocycles. The number of benzene rings is 1. The summed E-state index contributed by atoms with van der Waals surface area (Å²) < 4.78 is 33.4. The third-order valence-corrected chi connectivity index (χ3v) is 4.49. The van der Waals surface area contributed by atoms with E-state index in [9.17, 15) is 13.0 Å². The fourth-order valence-corrected chi connectivity index (χ4v) is 2.58. The Kier molecular flexibility index (Phi) is 8.65. The van der Waals surface area contributed by atoms with Gasteiger partial charge in [0.25, 0.3) is 0 Å². The van der Waals surface area contributed by atoms with Crippen LogP contribution in [0.1, 0.15) is 43.7 Å². The van der Waals surface area contributed by atoms with Crippen LogP contribution in [0.4, 0.5) is 0 Å². The standard InChI is InChI=1S/C12H20N.C7H8O3S/c1-3-4-5-6-9-13-10-7-12(2)8-11-13;1-6-2-4-7(5-3-6)11(8,9)10/h7-8,10-11H,3-6,9H2,1-2H3;2-5H,1H3,(H,8,9,10)/q+1;/p-1. The summed E-state index contributed by atoms with van der Waals surface area (Å²) in [6.45, 7) is 7.36. The molecule has 2 rings (SSSR count). The molecule has 2 aromatic rings. The van der Waals surface area contributed by atoms with Crippen LogP contribution in [-0.4, -0.2) is 13.0 Å². The van der Waals surface area contributed by atoms with Gasteiger partial charge in [-0.2, -0.15) is 0 Å². The van der Waals surface area contributed by atoms with Crippen molar-refractivity contribution in [2.75, 3.05) is 0 Å². The number of aromatic nitrogens is 1. The third kappa shape index (κ3) is 8.22. The van der Waals surface area contributed by atoms with Crippen molar-refractivity contribution in [2.45, 2.75) is 57.9 Å². The molecular weight excluding hydrogens is 322 g/mol. The highest BCUT2D eigenvalue weighted by Crippen LogP contribution is 2.08. The second kappa shape index (κ2) is 10.2. The van der Waals surface area contributed by atoms with Crippen molar-refractivity contribution in [1.29, 1.82) is 0 Å². The first-order chi connectivity index (χ1) is 11.3. The summed E-state index contributed by atoms with van der Waals surface area (Å²) in [7, 11) is -4.27. The summed E-state index contributed by atoms with van der Waals surface area (Å²) in [5.74, 6) is 0. The second-order valence-electron chi connectivity index (χ2n) is 5.94. The first-order valence-corrected chi connectivity index (χ1v) is 9.72. The summed E-state index contributed by atoms with van der Waals surface area (Å²) in [6, 6.07) is 10.1. The number of rotatable bonds is 6. The largest absolute Gasteiger partial charge is 0.744 e. The van der Waals surface area contributed by atoms with Gasteiger partial charge in [0.05, 0.1) is 4.90 Å². The first-order valence-electron chi connectivity index (χ1n) is 8.31. The highest BCUT2D eigenvalue weighted by Gasteiger charge is 1.98. The Morgan fingerprint density at radius 2 is 1.42 bits per heavy atom. The Morgan fingerprint density at radius 1 is 0.875 bits per heavy atom. The average Bonchev–Trinajstić information content (AvgIpc) is 2.53. The van der Waals surface area contributed by atoms with E-state index in [0.717, 1.165) is 5.56 Å². The van der Waals surface area contributed by atoms with Crippen LogP contribution in [-0.2, 0) is 16.7 Å². The van der Waals surface area contributed by atoms with Crippen LogP contribution in [0.2, 0.25) is 0 Å². The summed E-state index contributed by atoms with van der Waals surface area (Å²) in [6.07, 6.45) is 9.69. The molecule has 132 valence electrons. The molecule has 0 aliphatic carbocycles. The van der Waals surface area contributed by atoms with Gasteiger partial charge in [-0.05, 0) is 38.0 Å². The molecule has 0 atom stereocenters. The lowest BCUT2D eigenvalue weighted by Crippen LogP contribution is -2.32. The monoisotopic (exact) mass is 349 g/mol. The average molecular weight is 349 g/mol. The van der Waals surface area contributed by atoms with Crippen molar-refractivity contribution < 1.29 is 17.5 Å². The lowest BCUT2D eigenvalue weighted by atomic mass is 10.2. The summed E-state index contributed by atoms with van der Waals surface area (Å²) in [5, 5.41) is 0. The number of unbranched alkanes of at least 4 members (excludes halogenated alkanes) is 3. The maximum atomic E-state index is 10.4. The molecule has 0 spiro atoms. The van der Waals surface area contributed by atoms with E-state index < -0.39 is 10.1 Å². The fourth-order valence-electron chi connectivity index (χ4n) is 2.11. The SMILES string of the molecule is CCCCCC[n+]1ccc(C)cc1.Cc1ccc(S(=O)(=O)[O-])cc1. The van der Waals surface area contributed by atoms with Crippen molar-refractivity contribution in [1.82, 2.24) is 0 Å². The van der Waals surface area contributed by atoms with Crippen LogP contribution in [0.25, 0.3) is 0 Å². The number of aryl methyl sites for hydroxylation is 3. The number of hydrogen-bond acceptors (Lipinski definition) is 3. The van der Waals surface area contributed by atoms with E-state index in [2.05, 4.69) is 42.9 Å². The molecule has 0 saturated carbocycles. The Morgan fingerprint density at radius 3 is 1.92 bits per heavy atom. The Balaban J connectivity index is 0.000000243. The van der Waals surface area contributed by atoms with Crippen molar-refractivity contribution in [3.8, 4) is 0 Å². The molecule has 0 saturated heterocycles. The molecule has 24 heavy (non-hydrogen) atoms.